The summed E-state index contributed by atoms with van der Waals surface area (Å²) in [7, 11) is 0. The molecule has 0 bridgehead atoms. The molecule has 1 N–H and O–H groups in total. The van der Waals surface area contributed by atoms with E-state index in [1.807, 2.05) is 37.3 Å². The van der Waals surface area contributed by atoms with E-state index in [2.05, 4.69) is 46.6 Å². The van der Waals surface area contributed by atoms with Crippen LogP contribution in [-0.2, 0) is 17.9 Å². The number of halogens is 1. The van der Waals surface area contributed by atoms with Crippen molar-refractivity contribution in [2.75, 3.05) is 0 Å². The van der Waals surface area contributed by atoms with Gasteiger partial charge in [-0.3, -0.25) is 4.79 Å². The van der Waals surface area contributed by atoms with E-state index in [1.165, 1.54) is 5.56 Å². The van der Waals surface area contributed by atoms with Gasteiger partial charge in [0.1, 0.15) is 6.54 Å². The number of carbonyl (C=O) groups is 1. The second kappa shape index (κ2) is 8.05. The topological polar surface area (TPSA) is 59.8 Å². The number of rotatable bonds is 5. The average molecular weight is 405 g/mol. The largest absolute Gasteiger partial charge is 0.350 e. The molecule has 2 aromatic carbocycles. The summed E-state index contributed by atoms with van der Waals surface area (Å²) < 4.78 is 1.66. The van der Waals surface area contributed by atoms with Crippen molar-refractivity contribution in [3.05, 3.63) is 82.6 Å². The van der Waals surface area contributed by atoms with Gasteiger partial charge < -0.3 is 5.32 Å². The Morgan fingerprint density at radius 2 is 1.83 bits per heavy atom. The Labute approximate surface area is 174 Å². The molecular weight excluding hydrogens is 384 g/mol. The maximum Gasteiger partial charge on any atom is 0.242 e. The van der Waals surface area contributed by atoms with Crippen molar-refractivity contribution in [1.82, 2.24) is 20.1 Å². The van der Waals surface area contributed by atoms with E-state index in [1.54, 1.807) is 10.9 Å². The van der Waals surface area contributed by atoms with E-state index in [0.717, 1.165) is 27.8 Å². The van der Waals surface area contributed by atoms with Gasteiger partial charge in [0.2, 0.25) is 5.91 Å². The summed E-state index contributed by atoms with van der Waals surface area (Å²) in [5, 5.41) is 9.08. The van der Waals surface area contributed by atoms with Crippen LogP contribution in [0.2, 0.25) is 5.02 Å². The van der Waals surface area contributed by atoms with Crippen LogP contribution >= 0.6 is 11.6 Å². The van der Waals surface area contributed by atoms with Crippen LogP contribution in [0.1, 0.15) is 16.8 Å². The summed E-state index contributed by atoms with van der Waals surface area (Å²) in [4.78, 5) is 17.0. The second-order valence-electron chi connectivity index (χ2n) is 7.03. The Hall–Kier alpha value is -3.18. The molecule has 0 aliphatic heterocycles. The third-order valence-electron chi connectivity index (χ3n) is 4.90. The Morgan fingerprint density at radius 1 is 1.07 bits per heavy atom. The number of hydrogen-bond acceptors (Lipinski definition) is 3. The van der Waals surface area contributed by atoms with Crippen molar-refractivity contribution in [2.45, 2.75) is 26.9 Å². The number of aromatic nitrogens is 3. The highest BCUT2D eigenvalue weighted by atomic mass is 35.5. The summed E-state index contributed by atoms with van der Waals surface area (Å²) in [6.45, 7) is 4.48. The quantitative estimate of drug-likeness (QED) is 0.525. The van der Waals surface area contributed by atoms with Crippen LogP contribution in [0, 0.1) is 13.8 Å². The third-order valence-corrected chi connectivity index (χ3v) is 5.27. The fourth-order valence-electron chi connectivity index (χ4n) is 3.39. The van der Waals surface area contributed by atoms with Gasteiger partial charge >= 0.3 is 0 Å². The Kier molecular flexibility index (Phi) is 5.32. The minimum absolute atomic E-state index is 0.0964. The summed E-state index contributed by atoms with van der Waals surface area (Å²) in [5.74, 6) is -0.142. The predicted octanol–water partition coefficient (Wildman–Crippen LogP) is 4.68. The van der Waals surface area contributed by atoms with Gasteiger partial charge in [0, 0.05) is 23.2 Å². The van der Waals surface area contributed by atoms with Crippen molar-refractivity contribution in [3.63, 3.8) is 0 Å². The number of nitrogens with zero attached hydrogens (tertiary/aromatic N) is 3. The van der Waals surface area contributed by atoms with E-state index in [4.69, 9.17) is 11.6 Å². The van der Waals surface area contributed by atoms with Crippen molar-refractivity contribution in [2.24, 2.45) is 0 Å². The minimum atomic E-state index is -0.142. The summed E-state index contributed by atoms with van der Waals surface area (Å²) >= 11 is 6.16. The molecule has 5 nitrogen and oxygen atoms in total. The minimum Gasteiger partial charge on any atom is -0.350 e. The average Bonchev–Trinajstić information content (AvgIpc) is 3.03. The van der Waals surface area contributed by atoms with Gasteiger partial charge in [-0.05, 0) is 42.7 Å². The molecule has 0 unspecified atom stereocenters. The Bertz CT molecular complexity index is 1180. The molecule has 0 saturated carbocycles. The zero-order valence-electron chi connectivity index (χ0n) is 16.3. The zero-order chi connectivity index (χ0) is 20.4. The first-order valence-electron chi connectivity index (χ1n) is 9.42. The highest BCUT2D eigenvalue weighted by Gasteiger charge is 2.16. The van der Waals surface area contributed by atoms with Gasteiger partial charge in [-0.1, -0.05) is 59.6 Å². The van der Waals surface area contributed by atoms with Gasteiger partial charge in [0.15, 0.2) is 5.65 Å². The third kappa shape index (κ3) is 4.00. The van der Waals surface area contributed by atoms with Gasteiger partial charge in [0.25, 0.3) is 0 Å². The highest BCUT2D eigenvalue weighted by molar-refractivity contribution is 6.31. The van der Waals surface area contributed by atoms with Crippen LogP contribution in [0.3, 0.4) is 0 Å². The second-order valence-corrected chi connectivity index (χ2v) is 7.44. The predicted molar refractivity (Wildman–Crippen MR) is 116 cm³/mol. The first kappa shape index (κ1) is 19.2. The van der Waals surface area contributed by atoms with Crippen molar-refractivity contribution >= 4 is 28.5 Å². The summed E-state index contributed by atoms with van der Waals surface area (Å²) in [6, 6.07) is 17.8. The molecule has 0 atom stereocenters. The van der Waals surface area contributed by atoms with Crippen molar-refractivity contribution in [3.8, 4) is 11.1 Å². The lowest BCUT2D eigenvalue weighted by atomic mass is 10.0. The fourth-order valence-corrected chi connectivity index (χ4v) is 3.60. The first-order chi connectivity index (χ1) is 14.0. The molecule has 6 heteroatoms. The highest BCUT2D eigenvalue weighted by Crippen LogP contribution is 2.30. The van der Waals surface area contributed by atoms with Crippen molar-refractivity contribution in [1.29, 1.82) is 0 Å². The summed E-state index contributed by atoms with van der Waals surface area (Å²) in [5.41, 5.74) is 5.81. The first-order valence-corrected chi connectivity index (χ1v) is 9.80. The number of hydrogen-bond donors (Lipinski definition) is 1. The maximum atomic E-state index is 12.5. The van der Waals surface area contributed by atoms with E-state index in [0.29, 0.717) is 17.2 Å². The number of aryl methyl sites for hydroxylation is 2. The number of fused-ring (bicyclic) bond motifs is 1. The van der Waals surface area contributed by atoms with Gasteiger partial charge in [-0.2, -0.15) is 5.10 Å². The van der Waals surface area contributed by atoms with Crippen LogP contribution in [0.15, 0.2) is 60.8 Å². The van der Waals surface area contributed by atoms with Crippen LogP contribution in [-0.4, -0.2) is 20.7 Å². The molecule has 0 spiro atoms. The molecule has 0 fully saturated rings. The standard InChI is InChI=1S/C23H21ClN4O/c1-15-7-9-17(10-8-15)19-11-12-25-23-22(19)16(2)27-28(23)14-21(29)26-13-18-5-3-4-6-20(18)24/h3-12H,13-14H2,1-2H3,(H,26,29). The molecule has 1 amide bonds. The normalized spacial score (nSPS) is 11.0. The lowest BCUT2D eigenvalue weighted by molar-refractivity contribution is -0.121. The van der Waals surface area contributed by atoms with Crippen LogP contribution in [0.4, 0.5) is 0 Å². The molecule has 0 saturated heterocycles. The molecule has 0 radical (unpaired) electrons. The van der Waals surface area contributed by atoms with Gasteiger partial charge in [-0.15, -0.1) is 0 Å². The molecule has 146 valence electrons. The molecule has 4 aromatic rings. The molecule has 0 aliphatic rings. The van der Waals surface area contributed by atoms with Crippen LogP contribution in [0.5, 0.6) is 0 Å². The van der Waals surface area contributed by atoms with E-state index >= 15 is 0 Å². The fraction of sp³-hybridized carbons (Fsp3) is 0.174. The van der Waals surface area contributed by atoms with E-state index in [-0.39, 0.29) is 12.5 Å². The molecule has 2 heterocycles. The lowest BCUT2D eigenvalue weighted by Gasteiger charge is -2.08. The van der Waals surface area contributed by atoms with E-state index < -0.39 is 0 Å². The lowest BCUT2D eigenvalue weighted by Crippen LogP contribution is -2.27. The smallest absolute Gasteiger partial charge is 0.242 e. The number of amides is 1. The van der Waals surface area contributed by atoms with Crippen molar-refractivity contribution < 1.29 is 4.79 Å². The number of benzene rings is 2. The van der Waals surface area contributed by atoms with Crippen LogP contribution < -0.4 is 5.32 Å². The van der Waals surface area contributed by atoms with Gasteiger partial charge in [0.05, 0.1) is 5.69 Å². The molecule has 29 heavy (non-hydrogen) atoms. The van der Waals surface area contributed by atoms with Crippen LogP contribution in [0.25, 0.3) is 22.2 Å². The maximum absolute atomic E-state index is 12.5. The van der Waals surface area contributed by atoms with Gasteiger partial charge in [-0.25, -0.2) is 9.67 Å². The van der Waals surface area contributed by atoms with E-state index in [9.17, 15) is 4.79 Å². The monoisotopic (exact) mass is 404 g/mol. The zero-order valence-corrected chi connectivity index (χ0v) is 17.1. The molecule has 0 aliphatic carbocycles. The Balaban J connectivity index is 1.58. The molecule has 4 rings (SSSR count). The molecular formula is C23H21ClN4O. The summed E-state index contributed by atoms with van der Waals surface area (Å²) in [6.07, 6.45) is 1.76. The number of carbonyl (C=O) groups excluding carboxylic acids is 1. The molecule has 2 aromatic heterocycles. The SMILES string of the molecule is Cc1ccc(-c2ccnc3c2c(C)nn3CC(=O)NCc2ccccc2Cl)cc1. The number of pyridine rings is 1. The Morgan fingerprint density at radius 3 is 2.59 bits per heavy atom. The number of nitrogens with one attached hydrogen (secondary N) is 1.